The summed E-state index contributed by atoms with van der Waals surface area (Å²) in [4.78, 5) is -0.744. The average Bonchev–Trinajstić information content (AvgIpc) is 2.53. The first kappa shape index (κ1) is 18.8. The van der Waals surface area contributed by atoms with Crippen LogP contribution in [0.4, 0.5) is 23.2 Å². The Kier molecular flexibility index (Phi) is 5.12. The van der Waals surface area contributed by atoms with Gasteiger partial charge in [0, 0.05) is 6.07 Å². The van der Waals surface area contributed by atoms with E-state index in [0.29, 0.717) is 11.8 Å². The number of halogens is 4. The highest BCUT2D eigenvalue weighted by Gasteiger charge is 2.35. The molecule has 0 amide bonds. The molecule has 136 valence electrons. The molecular weight excluding hydrogens is 366 g/mol. The molecule has 0 atom stereocenters. The molecule has 0 bridgehead atoms. The molecule has 5 nitrogen and oxygen atoms in total. The molecule has 0 aromatic heterocycles. The quantitative estimate of drug-likeness (QED) is 0.806. The van der Waals surface area contributed by atoms with Gasteiger partial charge in [-0.3, -0.25) is 4.72 Å². The van der Waals surface area contributed by atoms with Gasteiger partial charge in [-0.1, -0.05) is 0 Å². The summed E-state index contributed by atoms with van der Waals surface area (Å²) >= 11 is 0. The number of sulfonamides is 1. The Hall–Kier alpha value is -2.49. The molecule has 0 heterocycles. The van der Waals surface area contributed by atoms with E-state index in [1.54, 1.807) is 0 Å². The van der Waals surface area contributed by atoms with Gasteiger partial charge >= 0.3 is 6.18 Å². The van der Waals surface area contributed by atoms with Crippen LogP contribution in [0.3, 0.4) is 0 Å². The highest BCUT2D eigenvalue weighted by molar-refractivity contribution is 7.92. The predicted molar refractivity (Wildman–Crippen MR) is 81.8 cm³/mol. The second-order valence-electron chi connectivity index (χ2n) is 4.81. The number of hydrogen-bond donors (Lipinski definition) is 1. The molecule has 0 aliphatic rings. The lowest BCUT2D eigenvalue weighted by atomic mass is 10.2. The number of hydrogen-bond acceptors (Lipinski definition) is 4. The number of alkyl halides is 3. The zero-order valence-electron chi connectivity index (χ0n) is 13.0. The number of nitrogens with one attached hydrogen (secondary N) is 1. The van der Waals surface area contributed by atoms with Crippen molar-refractivity contribution < 1.29 is 35.5 Å². The molecule has 25 heavy (non-hydrogen) atoms. The van der Waals surface area contributed by atoms with E-state index < -0.39 is 32.5 Å². The van der Waals surface area contributed by atoms with Crippen LogP contribution in [-0.2, 0) is 16.2 Å². The lowest BCUT2D eigenvalue weighted by Gasteiger charge is -2.14. The van der Waals surface area contributed by atoms with E-state index in [2.05, 4.69) is 4.72 Å². The van der Waals surface area contributed by atoms with Crippen LogP contribution >= 0.6 is 0 Å². The molecular formula is C15H13F4NO4S. The predicted octanol–water partition coefficient (Wildman–Crippen LogP) is 3.66. The second-order valence-corrected chi connectivity index (χ2v) is 6.49. The minimum absolute atomic E-state index is 0.0419. The van der Waals surface area contributed by atoms with Crippen molar-refractivity contribution in [3.63, 3.8) is 0 Å². The Bertz CT molecular complexity index is 882. The molecule has 0 aliphatic heterocycles. The maximum atomic E-state index is 13.3. The first-order chi connectivity index (χ1) is 11.6. The summed E-state index contributed by atoms with van der Waals surface area (Å²) in [7, 11) is -1.77. The molecule has 0 aliphatic carbocycles. The number of benzene rings is 2. The SMILES string of the molecule is COc1ccc(OC)c(NS(=O)(=O)c2ccc(F)c(C(F)(F)F)c2)c1. The highest BCUT2D eigenvalue weighted by Crippen LogP contribution is 2.34. The summed E-state index contributed by atoms with van der Waals surface area (Å²) in [6.45, 7) is 0. The Morgan fingerprint density at radius 3 is 2.24 bits per heavy atom. The van der Waals surface area contributed by atoms with Crippen LogP contribution in [0, 0.1) is 5.82 Å². The fourth-order valence-corrected chi connectivity index (χ4v) is 3.07. The van der Waals surface area contributed by atoms with Crippen molar-refractivity contribution in [1.29, 1.82) is 0 Å². The van der Waals surface area contributed by atoms with Crippen LogP contribution in [0.15, 0.2) is 41.3 Å². The molecule has 0 spiro atoms. The third-order valence-corrected chi connectivity index (χ3v) is 4.57. The third-order valence-electron chi connectivity index (χ3n) is 3.20. The van der Waals surface area contributed by atoms with E-state index in [1.165, 1.54) is 32.4 Å². The molecule has 0 fully saturated rings. The average molecular weight is 379 g/mol. The Morgan fingerprint density at radius 1 is 1.00 bits per heavy atom. The van der Waals surface area contributed by atoms with Crippen LogP contribution in [0.1, 0.15) is 5.56 Å². The second kappa shape index (κ2) is 6.79. The Balaban J connectivity index is 2.47. The molecule has 10 heteroatoms. The minimum atomic E-state index is -5.02. The van der Waals surface area contributed by atoms with Gasteiger partial charge in [-0.05, 0) is 30.3 Å². The van der Waals surface area contributed by atoms with Crippen LogP contribution in [0.25, 0.3) is 0 Å². The lowest BCUT2D eigenvalue weighted by molar-refractivity contribution is -0.140. The maximum absolute atomic E-state index is 13.3. The Labute approximate surface area is 141 Å². The molecule has 0 saturated carbocycles. The third kappa shape index (κ3) is 4.13. The Morgan fingerprint density at radius 2 is 1.68 bits per heavy atom. The maximum Gasteiger partial charge on any atom is 0.419 e. The molecule has 2 aromatic carbocycles. The smallest absolute Gasteiger partial charge is 0.419 e. The number of ether oxygens (including phenoxy) is 2. The van der Waals surface area contributed by atoms with Crippen LogP contribution < -0.4 is 14.2 Å². The van der Waals surface area contributed by atoms with Crippen molar-refractivity contribution >= 4 is 15.7 Å². The summed E-state index contributed by atoms with van der Waals surface area (Å²) in [5.41, 5.74) is -1.72. The van der Waals surface area contributed by atoms with Crippen molar-refractivity contribution in [1.82, 2.24) is 0 Å². The van der Waals surface area contributed by atoms with Gasteiger partial charge in [0.05, 0.1) is 30.4 Å². The van der Waals surface area contributed by atoms with Crippen molar-refractivity contribution in [3.05, 3.63) is 47.8 Å². The first-order valence-electron chi connectivity index (χ1n) is 6.70. The van der Waals surface area contributed by atoms with E-state index in [9.17, 15) is 26.0 Å². The van der Waals surface area contributed by atoms with E-state index in [4.69, 9.17) is 9.47 Å². The fraction of sp³-hybridized carbons (Fsp3) is 0.200. The monoisotopic (exact) mass is 379 g/mol. The summed E-state index contributed by atoms with van der Waals surface area (Å²) < 4.78 is 88.4. The number of methoxy groups -OCH3 is 2. The zero-order valence-corrected chi connectivity index (χ0v) is 13.8. The molecule has 2 rings (SSSR count). The summed E-state index contributed by atoms with van der Waals surface area (Å²) in [5.74, 6) is -1.14. The van der Waals surface area contributed by atoms with Gasteiger partial charge in [0.15, 0.2) is 0 Å². The molecule has 0 saturated heterocycles. The molecule has 0 unspecified atom stereocenters. The topological polar surface area (TPSA) is 64.6 Å². The fourth-order valence-electron chi connectivity index (χ4n) is 1.99. The van der Waals surface area contributed by atoms with Gasteiger partial charge in [-0.15, -0.1) is 0 Å². The standard InChI is InChI=1S/C15H13F4NO4S/c1-23-9-3-6-14(24-2)13(7-9)20-25(21,22)10-4-5-12(16)11(8-10)15(17,18)19/h3-8,20H,1-2H3. The van der Waals surface area contributed by atoms with Gasteiger partial charge in [-0.25, -0.2) is 12.8 Å². The van der Waals surface area contributed by atoms with Crippen molar-refractivity contribution in [3.8, 4) is 11.5 Å². The zero-order chi connectivity index (χ0) is 18.8. The minimum Gasteiger partial charge on any atom is -0.497 e. The largest absolute Gasteiger partial charge is 0.497 e. The van der Waals surface area contributed by atoms with E-state index in [1.807, 2.05) is 0 Å². The van der Waals surface area contributed by atoms with Crippen LogP contribution in [0.2, 0.25) is 0 Å². The van der Waals surface area contributed by atoms with E-state index in [0.717, 1.165) is 6.07 Å². The van der Waals surface area contributed by atoms with E-state index in [-0.39, 0.29) is 17.5 Å². The van der Waals surface area contributed by atoms with Crippen molar-refractivity contribution in [2.75, 3.05) is 18.9 Å². The molecule has 2 aromatic rings. The van der Waals surface area contributed by atoms with Gasteiger partial charge in [-0.2, -0.15) is 13.2 Å². The highest BCUT2D eigenvalue weighted by atomic mass is 32.2. The van der Waals surface area contributed by atoms with Crippen molar-refractivity contribution in [2.24, 2.45) is 0 Å². The summed E-state index contributed by atoms with van der Waals surface area (Å²) in [6, 6.07) is 5.63. The lowest BCUT2D eigenvalue weighted by Crippen LogP contribution is -2.16. The normalized spacial score (nSPS) is 11.9. The number of anilines is 1. The van der Waals surface area contributed by atoms with Gasteiger partial charge < -0.3 is 9.47 Å². The van der Waals surface area contributed by atoms with Crippen molar-refractivity contribution in [2.45, 2.75) is 11.1 Å². The van der Waals surface area contributed by atoms with Crippen LogP contribution in [0.5, 0.6) is 11.5 Å². The molecule has 0 radical (unpaired) electrons. The summed E-state index contributed by atoms with van der Waals surface area (Å²) in [5, 5.41) is 0. The summed E-state index contributed by atoms with van der Waals surface area (Å²) in [6.07, 6.45) is -5.02. The number of rotatable bonds is 5. The van der Waals surface area contributed by atoms with Crippen LogP contribution in [-0.4, -0.2) is 22.6 Å². The van der Waals surface area contributed by atoms with Gasteiger partial charge in [0.1, 0.15) is 17.3 Å². The first-order valence-corrected chi connectivity index (χ1v) is 8.18. The van der Waals surface area contributed by atoms with Gasteiger partial charge in [0.25, 0.3) is 10.0 Å². The van der Waals surface area contributed by atoms with E-state index >= 15 is 0 Å². The van der Waals surface area contributed by atoms with Gasteiger partial charge in [0.2, 0.25) is 0 Å². The molecule has 1 N–H and O–H groups in total.